The van der Waals surface area contributed by atoms with Crippen molar-refractivity contribution in [2.75, 3.05) is 0 Å². The van der Waals surface area contributed by atoms with Crippen LogP contribution in [0, 0.1) is 11.3 Å². The molecule has 0 atom stereocenters. The Labute approximate surface area is 144 Å². The lowest BCUT2D eigenvalue weighted by Gasteiger charge is -2.29. The highest BCUT2D eigenvalue weighted by Crippen LogP contribution is 2.27. The number of hydrogen-bond donors (Lipinski definition) is 2. The number of halogens is 1. The first-order valence-corrected chi connectivity index (χ1v) is 8.19. The second-order valence-electron chi connectivity index (χ2n) is 5.81. The summed E-state index contributed by atoms with van der Waals surface area (Å²) >= 11 is 6.02. The van der Waals surface area contributed by atoms with Crippen LogP contribution in [-0.4, -0.2) is 28.3 Å². The van der Waals surface area contributed by atoms with Crippen molar-refractivity contribution < 1.29 is 9.53 Å². The Kier molecular flexibility index (Phi) is 5.02. The van der Waals surface area contributed by atoms with Crippen LogP contribution in [0.1, 0.15) is 41.6 Å². The molecule has 0 unspecified atom stereocenters. The maximum Gasteiger partial charge on any atom is 0.254 e. The van der Waals surface area contributed by atoms with Crippen molar-refractivity contribution in [2.24, 2.45) is 0 Å². The largest absolute Gasteiger partial charge is 0.490 e. The number of amides is 1. The molecule has 1 fully saturated rings. The zero-order chi connectivity index (χ0) is 16.9. The van der Waals surface area contributed by atoms with Crippen LogP contribution in [0.25, 0.3) is 0 Å². The number of nitrogens with zero attached hydrogens (tertiary/aromatic N) is 2. The second-order valence-corrected chi connectivity index (χ2v) is 6.21. The maximum absolute atomic E-state index is 12.0. The highest BCUT2D eigenvalue weighted by Gasteiger charge is 2.24. The Balaban J connectivity index is 1.49. The van der Waals surface area contributed by atoms with Crippen molar-refractivity contribution in [1.29, 1.82) is 5.26 Å². The van der Waals surface area contributed by atoms with E-state index in [1.54, 1.807) is 24.4 Å². The van der Waals surface area contributed by atoms with Crippen molar-refractivity contribution in [1.82, 2.24) is 15.5 Å². The molecule has 124 valence electrons. The van der Waals surface area contributed by atoms with Crippen LogP contribution in [0.3, 0.4) is 0 Å². The SMILES string of the molecule is N#Cc1ccc(OC2CCC(NC(=O)c3cn[nH]c3)CC2)cc1Cl. The monoisotopic (exact) mass is 344 g/mol. The number of nitrogens with one attached hydrogen (secondary N) is 2. The molecule has 3 rings (SSSR count). The number of hydrogen-bond acceptors (Lipinski definition) is 4. The fraction of sp³-hybridized carbons (Fsp3) is 0.353. The van der Waals surface area contributed by atoms with E-state index < -0.39 is 0 Å². The zero-order valence-electron chi connectivity index (χ0n) is 13.0. The minimum atomic E-state index is -0.105. The zero-order valence-corrected chi connectivity index (χ0v) is 13.7. The lowest BCUT2D eigenvalue weighted by Crippen LogP contribution is -2.39. The van der Waals surface area contributed by atoms with Gasteiger partial charge in [0.2, 0.25) is 0 Å². The number of carbonyl (C=O) groups is 1. The first kappa shape index (κ1) is 16.3. The molecule has 2 aromatic rings. The van der Waals surface area contributed by atoms with Gasteiger partial charge in [-0.1, -0.05) is 11.6 Å². The van der Waals surface area contributed by atoms with Crippen LogP contribution in [0.4, 0.5) is 0 Å². The van der Waals surface area contributed by atoms with Gasteiger partial charge in [-0.15, -0.1) is 0 Å². The summed E-state index contributed by atoms with van der Waals surface area (Å²) in [6, 6.07) is 7.27. The highest BCUT2D eigenvalue weighted by atomic mass is 35.5. The summed E-state index contributed by atoms with van der Waals surface area (Å²) in [6.07, 6.45) is 6.62. The minimum absolute atomic E-state index is 0.0936. The third-order valence-corrected chi connectivity index (χ3v) is 4.45. The average molecular weight is 345 g/mol. The summed E-state index contributed by atoms with van der Waals surface area (Å²) in [6.45, 7) is 0. The topological polar surface area (TPSA) is 90.8 Å². The van der Waals surface area contributed by atoms with Crippen molar-refractivity contribution in [2.45, 2.75) is 37.8 Å². The number of ether oxygens (including phenoxy) is 1. The highest BCUT2D eigenvalue weighted by molar-refractivity contribution is 6.31. The molecule has 0 aliphatic heterocycles. The third-order valence-electron chi connectivity index (χ3n) is 4.13. The molecule has 0 radical (unpaired) electrons. The molecule has 2 N–H and O–H groups in total. The van der Waals surface area contributed by atoms with Crippen molar-refractivity contribution in [3.05, 3.63) is 46.7 Å². The van der Waals surface area contributed by atoms with E-state index in [0.717, 1.165) is 25.7 Å². The predicted molar refractivity (Wildman–Crippen MR) is 88.9 cm³/mol. The van der Waals surface area contributed by atoms with E-state index in [1.807, 2.05) is 6.07 Å². The molecular weight excluding hydrogens is 328 g/mol. The van der Waals surface area contributed by atoms with Crippen LogP contribution < -0.4 is 10.1 Å². The minimum Gasteiger partial charge on any atom is -0.490 e. The Morgan fingerprint density at radius 3 is 2.79 bits per heavy atom. The molecule has 1 saturated carbocycles. The summed E-state index contributed by atoms with van der Waals surface area (Å²) in [5, 5.41) is 18.7. The van der Waals surface area contributed by atoms with E-state index in [1.165, 1.54) is 6.20 Å². The Bertz CT molecular complexity index is 746. The number of carbonyl (C=O) groups excluding carboxylic acids is 1. The number of H-pyrrole nitrogens is 1. The molecule has 1 aliphatic rings. The molecule has 0 bridgehead atoms. The second kappa shape index (κ2) is 7.37. The van der Waals surface area contributed by atoms with Gasteiger partial charge < -0.3 is 10.1 Å². The van der Waals surface area contributed by atoms with Gasteiger partial charge in [-0.3, -0.25) is 9.89 Å². The summed E-state index contributed by atoms with van der Waals surface area (Å²) in [7, 11) is 0. The molecule has 1 aromatic heterocycles. The van der Waals surface area contributed by atoms with Gasteiger partial charge in [-0.2, -0.15) is 10.4 Å². The fourth-order valence-electron chi connectivity index (χ4n) is 2.82. The first-order valence-electron chi connectivity index (χ1n) is 7.81. The van der Waals surface area contributed by atoms with Gasteiger partial charge in [0.25, 0.3) is 5.91 Å². The summed E-state index contributed by atoms with van der Waals surface area (Å²) < 4.78 is 5.94. The molecule has 7 heteroatoms. The standard InChI is InChI=1S/C17H17ClN4O2/c18-16-7-15(4-1-11(16)8-19)24-14-5-2-13(3-6-14)22-17(23)12-9-20-21-10-12/h1,4,7,9-10,13-14H,2-3,5-6H2,(H,20,21)(H,22,23). The van der Waals surface area contributed by atoms with Crippen LogP contribution in [0.15, 0.2) is 30.6 Å². The quantitative estimate of drug-likeness (QED) is 0.891. The molecule has 1 aromatic carbocycles. The van der Waals surface area contributed by atoms with E-state index in [0.29, 0.717) is 21.9 Å². The predicted octanol–water partition coefficient (Wildman–Crippen LogP) is 3.05. The van der Waals surface area contributed by atoms with Crippen LogP contribution in [-0.2, 0) is 0 Å². The molecule has 0 saturated heterocycles. The summed E-state index contributed by atoms with van der Waals surface area (Å²) in [4.78, 5) is 12.0. The fourth-order valence-corrected chi connectivity index (χ4v) is 3.03. The normalized spacial score (nSPS) is 20.2. The van der Waals surface area contributed by atoms with E-state index >= 15 is 0 Å². The van der Waals surface area contributed by atoms with E-state index in [-0.39, 0.29) is 18.1 Å². The smallest absolute Gasteiger partial charge is 0.254 e. The van der Waals surface area contributed by atoms with Gasteiger partial charge in [0, 0.05) is 18.3 Å². The summed E-state index contributed by atoms with van der Waals surface area (Å²) in [5.74, 6) is 0.567. The van der Waals surface area contributed by atoms with E-state index in [2.05, 4.69) is 15.5 Å². The van der Waals surface area contributed by atoms with Crippen LogP contribution in [0.2, 0.25) is 5.02 Å². The number of aromatic nitrogens is 2. The van der Waals surface area contributed by atoms with Crippen molar-refractivity contribution in [3.8, 4) is 11.8 Å². The average Bonchev–Trinajstić information content (AvgIpc) is 3.11. The van der Waals surface area contributed by atoms with Crippen LogP contribution >= 0.6 is 11.6 Å². The number of aromatic amines is 1. The number of rotatable bonds is 4. The van der Waals surface area contributed by atoms with Gasteiger partial charge in [-0.25, -0.2) is 0 Å². The lowest BCUT2D eigenvalue weighted by molar-refractivity contribution is 0.0894. The first-order chi connectivity index (χ1) is 11.7. The van der Waals surface area contributed by atoms with Gasteiger partial charge in [0.15, 0.2) is 0 Å². The Morgan fingerprint density at radius 1 is 1.38 bits per heavy atom. The van der Waals surface area contributed by atoms with Gasteiger partial charge >= 0.3 is 0 Å². The van der Waals surface area contributed by atoms with Crippen molar-refractivity contribution in [3.63, 3.8) is 0 Å². The number of benzene rings is 1. The Hall–Kier alpha value is -2.52. The molecule has 1 aliphatic carbocycles. The van der Waals surface area contributed by atoms with Gasteiger partial charge in [0.1, 0.15) is 11.8 Å². The molecule has 1 heterocycles. The lowest BCUT2D eigenvalue weighted by atomic mass is 9.92. The van der Waals surface area contributed by atoms with E-state index in [4.69, 9.17) is 21.6 Å². The van der Waals surface area contributed by atoms with E-state index in [9.17, 15) is 4.79 Å². The Morgan fingerprint density at radius 2 is 2.17 bits per heavy atom. The van der Waals surface area contributed by atoms with Gasteiger partial charge in [-0.05, 0) is 37.8 Å². The number of nitriles is 1. The molecule has 0 spiro atoms. The maximum atomic E-state index is 12.0. The summed E-state index contributed by atoms with van der Waals surface area (Å²) in [5.41, 5.74) is 0.982. The third kappa shape index (κ3) is 3.87. The van der Waals surface area contributed by atoms with Crippen molar-refractivity contribution >= 4 is 17.5 Å². The van der Waals surface area contributed by atoms with Crippen LogP contribution in [0.5, 0.6) is 5.75 Å². The molecular formula is C17H17ClN4O2. The molecule has 1 amide bonds. The molecule has 6 nitrogen and oxygen atoms in total. The molecule has 24 heavy (non-hydrogen) atoms. The van der Waals surface area contributed by atoms with Gasteiger partial charge in [0.05, 0.1) is 28.5 Å².